The maximum atomic E-state index is 12.0. The molecule has 0 aliphatic carbocycles. The van der Waals surface area contributed by atoms with E-state index in [1.165, 1.54) is 24.3 Å². The number of nitrogens with zero attached hydrogens (tertiary/aromatic N) is 1. The molecule has 0 unspecified atom stereocenters. The zero-order chi connectivity index (χ0) is 15.3. The van der Waals surface area contributed by atoms with Crippen LogP contribution in [0.1, 0.15) is 13.8 Å². The standard InChI is InChI=1S/C13H10F3NO.C2H6/c1-9-7-8-17(10(9)2)11-3-5-12(6-4-11)18-13(14,15)16;1-2/h3-8H,1-2H2;1-2H3. The van der Waals surface area contributed by atoms with Gasteiger partial charge in [-0.1, -0.05) is 27.0 Å². The van der Waals surface area contributed by atoms with Crippen LogP contribution in [0.4, 0.5) is 13.2 Å². The third-order valence-corrected chi connectivity index (χ3v) is 2.43. The first-order valence-electron chi connectivity index (χ1n) is 6.08. The summed E-state index contributed by atoms with van der Waals surface area (Å²) in [4.78, 5) is 0. The SMILES string of the molecule is C=c1ccn(-c2ccc(OC(F)(F)F)cc2)c1=C.CC. The summed E-state index contributed by atoms with van der Waals surface area (Å²) in [5.41, 5.74) is 0.699. The van der Waals surface area contributed by atoms with Crippen LogP contribution in [-0.2, 0) is 0 Å². The topological polar surface area (TPSA) is 14.2 Å². The first kappa shape index (κ1) is 15.9. The van der Waals surface area contributed by atoms with E-state index in [9.17, 15) is 13.2 Å². The Hall–Kier alpha value is -2.17. The largest absolute Gasteiger partial charge is 0.573 e. The molecule has 2 nitrogen and oxygen atoms in total. The quantitative estimate of drug-likeness (QED) is 0.825. The molecule has 0 spiro atoms. The van der Waals surface area contributed by atoms with Gasteiger partial charge in [-0.3, -0.25) is 0 Å². The monoisotopic (exact) mass is 283 g/mol. The normalized spacial score (nSPS) is 10.7. The molecule has 0 saturated heterocycles. The van der Waals surface area contributed by atoms with Crippen LogP contribution >= 0.6 is 0 Å². The highest BCUT2D eigenvalue weighted by atomic mass is 19.4. The van der Waals surface area contributed by atoms with Crippen molar-refractivity contribution in [3.05, 3.63) is 47.1 Å². The minimum absolute atomic E-state index is 0.251. The van der Waals surface area contributed by atoms with Crippen molar-refractivity contribution in [3.63, 3.8) is 0 Å². The Balaban J connectivity index is 0.000000956. The number of ether oxygens (including phenoxy) is 1. The molecule has 0 amide bonds. The van der Waals surface area contributed by atoms with E-state index in [0.29, 0.717) is 11.0 Å². The summed E-state index contributed by atoms with van der Waals surface area (Å²) in [5.74, 6) is -0.251. The van der Waals surface area contributed by atoms with Gasteiger partial charge in [-0.25, -0.2) is 0 Å². The van der Waals surface area contributed by atoms with Gasteiger partial charge in [-0.05, 0) is 35.6 Å². The van der Waals surface area contributed by atoms with Crippen molar-refractivity contribution >= 4 is 13.2 Å². The molecule has 0 saturated carbocycles. The second-order valence-electron chi connectivity index (χ2n) is 3.70. The maximum Gasteiger partial charge on any atom is 0.573 e. The summed E-state index contributed by atoms with van der Waals surface area (Å²) in [6.45, 7) is 11.6. The first-order chi connectivity index (χ1) is 9.37. The molecular weight excluding hydrogens is 267 g/mol. The lowest BCUT2D eigenvalue weighted by Crippen LogP contribution is -2.24. The molecule has 108 valence electrons. The highest BCUT2D eigenvalue weighted by molar-refractivity contribution is 5.38. The van der Waals surface area contributed by atoms with Crippen molar-refractivity contribution in [3.8, 4) is 11.4 Å². The van der Waals surface area contributed by atoms with Gasteiger partial charge >= 0.3 is 6.36 Å². The van der Waals surface area contributed by atoms with E-state index in [0.717, 1.165) is 5.22 Å². The van der Waals surface area contributed by atoms with Crippen molar-refractivity contribution in [1.82, 2.24) is 4.57 Å². The minimum Gasteiger partial charge on any atom is -0.406 e. The number of rotatable bonds is 2. The van der Waals surface area contributed by atoms with E-state index in [4.69, 9.17) is 0 Å². The van der Waals surface area contributed by atoms with Gasteiger partial charge in [0.15, 0.2) is 0 Å². The average Bonchev–Trinajstić information content (AvgIpc) is 2.72. The van der Waals surface area contributed by atoms with E-state index in [2.05, 4.69) is 17.9 Å². The first-order valence-corrected chi connectivity index (χ1v) is 6.08. The fourth-order valence-electron chi connectivity index (χ4n) is 1.56. The highest BCUT2D eigenvalue weighted by Crippen LogP contribution is 2.23. The van der Waals surface area contributed by atoms with Gasteiger partial charge in [0.2, 0.25) is 0 Å². The van der Waals surface area contributed by atoms with E-state index in [1.54, 1.807) is 16.8 Å². The zero-order valence-electron chi connectivity index (χ0n) is 11.4. The number of alkyl halides is 3. The summed E-state index contributed by atoms with van der Waals surface area (Å²) in [5, 5.41) is 1.46. The highest BCUT2D eigenvalue weighted by Gasteiger charge is 2.30. The van der Waals surface area contributed by atoms with E-state index >= 15 is 0 Å². The molecule has 1 aromatic heterocycles. The van der Waals surface area contributed by atoms with Crippen molar-refractivity contribution in [1.29, 1.82) is 0 Å². The third-order valence-electron chi connectivity index (χ3n) is 2.43. The Morgan fingerprint density at radius 2 is 1.55 bits per heavy atom. The van der Waals surface area contributed by atoms with Crippen LogP contribution in [0.25, 0.3) is 18.8 Å². The fourth-order valence-corrected chi connectivity index (χ4v) is 1.56. The van der Waals surface area contributed by atoms with Gasteiger partial charge in [-0.15, -0.1) is 13.2 Å². The summed E-state index contributed by atoms with van der Waals surface area (Å²) in [6, 6.07) is 7.34. The van der Waals surface area contributed by atoms with Crippen LogP contribution in [0.5, 0.6) is 5.75 Å². The minimum atomic E-state index is -4.67. The Bertz CT molecular complexity index is 641. The lowest BCUT2D eigenvalue weighted by atomic mass is 10.3. The predicted octanol–water partition coefficient (Wildman–Crippen LogP) is 3.22. The molecule has 0 bridgehead atoms. The molecule has 0 N–H and O–H groups in total. The number of aromatic nitrogens is 1. The van der Waals surface area contributed by atoms with Crippen molar-refractivity contribution in [2.24, 2.45) is 0 Å². The molecule has 20 heavy (non-hydrogen) atoms. The Labute approximate surface area is 115 Å². The molecule has 0 aliphatic heterocycles. The second-order valence-corrected chi connectivity index (χ2v) is 3.70. The van der Waals surface area contributed by atoms with Gasteiger partial charge in [0.1, 0.15) is 5.75 Å². The van der Waals surface area contributed by atoms with Crippen molar-refractivity contribution in [2.45, 2.75) is 20.2 Å². The van der Waals surface area contributed by atoms with Crippen LogP contribution in [-0.4, -0.2) is 10.9 Å². The molecule has 0 atom stereocenters. The van der Waals surface area contributed by atoms with Crippen LogP contribution in [0.15, 0.2) is 36.5 Å². The van der Waals surface area contributed by atoms with Gasteiger partial charge in [0, 0.05) is 17.2 Å². The predicted molar refractivity (Wildman–Crippen MR) is 74.1 cm³/mol. The molecule has 0 radical (unpaired) electrons. The van der Waals surface area contributed by atoms with E-state index in [-0.39, 0.29) is 5.75 Å². The summed E-state index contributed by atoms with van der Waals surface area (Å²) < 4.78 is 41.5. The van der Waals surface area contributed by atoms with Crippen LogP contribution in [0, 0.1) is 0 Å². The molecule has 1 aromatic carbocycles. The zero-order valence-corrected chi connectivity index (χ0v) is 11.4. The maximum absolute atomic E-state index is 12.0. The summed E-state index contributed by atoms with van der Waals surface area (Å²) in [7, 11) is 0. The molecular formula is C15H16F3NO. The van der Waals surface area contributed by atoms with Crippen molar-refractivity contribution in [2.75, 3.05) is 0 Å². The smallest absolute Gasteiger partial charge is 0.406 e. The lowest BCUT2D eigenvalue weighted by molar-refractivity contribution is -0.274. The summed E-state index contributed by atoms with van der Waals surface area (Å²) >= 11 is 0. The lowest BCUT2D eigenvalue weighted by Gasteiger charge is -2.09. The molecule has 2 aromatic rings. The molecule has 5 heteroatoms. The fraction of sp³-hybridized carbons (Fsp3) is 0.200. The van der Waals surface area contributed by atoms with E-state index < -0.39 is 6.36 Å². The number of hydrogen-bond donors (Lipinski definition) is 0. The van der Waals surface area contributed by atoms with E-state index in [1.807, 2.05) is 13.8 Å². The van der Waals surface area contributed by atoms with Crippen molar-refractivity contribution < 1.29 is 17.9 Å². The van der Waals surface area contributed by atoms with Crippen LogP contribution in [0.2, 0.25) is 0 Å². The molecule has 2 rings (SSSR count). The Morgan fingerprint density at radius 3 is 1.95 bits per heavy atom. The molecule has 0 aliphatic rings. The third kappa shape index (κ3) is 3.91. The molecule has 0 fully saturated rings. The Morgan fingerprint density at radius 1 is 1.00 bits per heavy atom. The van der Waals surface area contributed by atoms with Gasteiger partial charge in [0.05, 0.1) is 0 Å². The van der Waals surface area contributed by atoms with Gasteiger partial charge < -0.3 is 9.30 Å². The van der Waals surface area contributed by atoms with Gasteiger partial charge in [-0.2, -0.15) is 0 Å². The Kier molecular flexibility index (Phi) is 5.02. The van der Waals surface area contributed by atoms with Crippen LogP contribution in [0.3, 0.4) is 0 Å². The number of halogens is 3. The second kappa shape index (κ2) is 6.32. The average molecular weight is 283 g/mol. The van der Waals surface area contributed by atoms with Gasteiger partial charge in [0.25, 0.3) is 0 Å². The molecule has 1 heterocycles. The number of benzene rings is 1. The summed E-state index contributed by atoms with van der Waals surface area (Å²) in [6.07, 6.45) is -2.92. The number of hydrogen-bond acceptors (Lipinski definition) is 1. The van der Waals surface area contributed by atoms with Crippen LogP contribution < -0.4 is 15.3 Å².